The van der Waals surface area contributed by atoms with Crippen LogP contribution in [0.1, 0.15) is 36.8 Å². The Bertz CT molecular complexity index is 883. The zero-order chi connectivity index (χ0) is 17.9. The molecule has 6 heteroatoms. The molecule has 1 aliphatic rings. The molecule has 134 valence electrons. The molecule has 6 nitrogen and oxygen atoms in total. The molecular formula is C20H22N4O2. The number of aromatic nitrogens is 2. The number of nitrogens with two attached hydrogens (primary N) is 2. The average Bonchev–Trinajstić information content (AvgIpc) is 3.29. The number of pyridine rings is 1. The van der Waals surface area contributed by atoms with Gasteiger partial charge in [-0.15, -0.1) is 0 Å². The van der Waals surface area contributed by atoms with Crippen molar-refractivity contribution in [3.8, 4) is 17.1 Å². The highest BCUT2D eigenvalue weighted by Crippen LogP contribution is 2.30. The molecule has 0 saturated heterocycles. The van der Waals surface area contributed by atoms with Gasteiger partial charge in [-0.05, 0) is 55.5 Å². The summed E-state index contributed by atoms with van der Waals surface area (Å²) in [4.78, 5) is 4.09. The molecule has 0 atom stereocenters. The van der Waals surface area contributed by atoms with Gasteiger partial charge in [0.2, 0.25) is 0 Å². The lowest BCUT2D eigenvalue weighted by molar-refractivity contribution is 0.210. The molecule has 2 heterocycles. The molecule has 0 aliphatic heterocycles. The standard InChI is InChI=1S/C20H22N4O2/c21-18-10-9-17(20(22)24-18)19-14(12-23-26-19)11-13-5-7-16(8-6-13)25-15-3-1-2-4-15/h5-10,12,15H,1-4,11H2,(H4,21,22,24). The Kier molecular flexibility index (Phi) is 4.48. The van der Waals surface area contributed by atoms with Gasteiger partial charge in [0, 0.05) is 12.0 Å². The highest BCUT2D eigenvalue weighted by atomic mass is 16.5. The Hall–Kier alpha value is -3.02. The van der Waals surface area contributed by atoms with E-state index in [0.717, 1.165) is 29.7 Å². The number of nitrogens with zero attached hydrogens (tertiary/aromatic N) is 2. The van der Waals surface area contributed by atoms with Crippen molar-refractivity contribution in [1.29, 1.82) is 0 Å². The number of benzene rings is 1. The maximum Gasteiger partial charge on any atom is 0.174 e. The normalized spacial score (nSPS) is 14.6. The third-order valence-electron chi connectivity index (χ3n) is 4.76. The molecule has 0 spiro atoms. The van der Waals surface area contributed by atoms with Crippen molar-refractivity contribution in [2.75, 3.05) is 11.5 Å². The van der Waals surface area contributed by atoms with Gasteiger partial charge in [0.25, 0.3) is 0 Å². The Morgan fingerprint density at radius 2 is 1.81 bits per heavy atom. The van der Waals surface area contributed by atoms with E-state index in [1.54, 1.807) is 18.3 Å². The Morgan fingerprint density at radius 3 is 2.54 bits per heavy atom. The van der Waals surface area contributed by atoms with E-state index >= 15 is 0 Å². The molecule has 4 rings (SSSR count). The average molecular weight is 350 g/mol. The van der Waals surface area contributed by atoms with Crippen molar-refractivity contribution in [3.05, 3.63) is 53.7 Å². The van der Waals surface area contributed by atoms with Crippen LogP contribution in [0.4, 0.5) is 11.6 Å². The Labute approximate surface area is 152 Å². The first-order valence-electron chi connectivity index (χ1n) is 8.90. The summed E-state index contributed by atoms with van der Waals surface area (Å²) in [6, 6.07) is 11.7. The van der Waals surface area contributed by atoms with Crippen molar-refractivity contribution in [3.63, 3.8) is 0 Å². The quantitative estimate of drug-likeness (QED) is 0.725. The lowest BCUT2D eigenvalue weighted by Crippen LogP contribution is -2.10. The fourth-order valence-corrected chi connectivity index (χ4v) is 3.40. The first-order valence-corrected chi connectivity index (χ1v) is 8.90. The van der Waals surface area contributed by atoms with Crippen LogP contribution in [0.15, 0.2) is 47.1 Å². The number of anilines is 2. The van der Waals surface area contributed by atoms with E-state index in [0.29, 0.717) is 35.5 Å². The fourth-order valence-electron chi connectivity index (χ4n) is 3.40. The summed E-state index contributed by atoms with van der Waals surface area (Å²) in [6.07, 6.45) is 7.61. The molecular weight excluding hydrogens is 328 g/mol. The highest BCUT2D eigenvalue weighted by molar-refractivity contribution is 5.73. The van der Waals surface area contributed by atoms with E-state index in [-0.39, 0.29) is 0 Å². The zero-order valence-corrected chi connectivity index (χ0v) is 14.5. The minimum absolute atomic E-state index is 0.336. The zero-order valence-electron chi connectivity index (χ0n) is 14.5. The van der Waals surface area contributed by atoms with Crippen LogP contribution in [0.5, 0.6) is 5.75 Å². The molecule has 0 bridgehead atoms. The van der Waals surface area contributed by atoms with Crippen LogP contribution in [-0.4, -0.2) is 16.2 Å². The predicted molar refractivity (Wildman–Crippen MR) is 101 cm³/mol. The van der Waals surface area contributed by atoms with Crippen LogP contribution in [0.25, 0.3) is 11.3 Å². The summed E-state index contributed by atoms with van der Waals surface area (Å²) in [5.74, 6) is 2.27. The molecule has 4 N–H and O–H groups in total. The molecule has 0 amide bonds. The second-order valence-electron chi connectivity index (χ2n) is 6.69. The van der Waals surface area contributed by atoms with Gasteiger partial charge in [-0.1, -0.05) is 17.3 Å². The number of hydrogen-bond donors (Lipinski definition) is 2. The van der Waals surface area contributed by atoms with E-state index < -0.39 is 0 Å². The lowest BCUT2D eigenvalue weighted by atomic mass is 10.0. The summed E-state index contributed by atoms with van der Waals surface area (Å²) in [5.41, 5.74) is 14.4. The maximum absolute atomic E-state index is 6.02. The second-order valence-corrected chi connectivity index (χ2v) is 6.69. The van der Waals surface area contributed by atoms with Crippen LogP contribution in [0.3, 0.4) is 0 Å². The Morgan fingerprint density at radius 1 is 1.04 bits per heavy atom. The molecule has 1 fully saturated rings. The van der Waals surface area contributed by atoms with Crippen LogP contribution in [-0.2, 0) is 6.42 Å². The number of hydrogen-bond acceptors (Lipinski definition) is 6. The lowest BCUT2D eigenvalue weighted by Gasteiger charge is -2.13. The van der Waals surface area contributed by atoms with E-state index in [9.17, 15) is 0 Å². The molecule has 2 aromatic heterocycles. The van der Waals surface area contributed by atoms with E-state index in [4.69, 9.17) is 20.7 Å². The summed E-state index contributed by atoms with van der Waals surface area (Å²) >= 11 is 0. The van der Waals surface area contributed by atoms with E-state index in [2.05, 4.69) is 22.3 Å². The monoisotopic (exact) mass is 350 g/mol. The van der Waals surface area contributed by atoms with Gasteiger partial charge < -0.3 is 20.7 Å². The van der Waals surface area contributed by atoms with Crippen molar-refractivity contribution in [2.24, 2.45) is 0 Å². The number of nitrogen functional groups attached to an aromatic ring is 2. The van der Waals surface area contributed by atoms with Gasteiger partial charge >= 0.3 is 0 Å². The largest absolute Gasteiger partial charge is 0.490 e. The first-order chi connectivity index (χ1) is 12.7. The SMILES string of the molecule is Nc1ccc(-c2oncc2Cc2ccc(OC3CCCC3)cc2)c(N)n1. The van der Waals surface area contributed by atoms with Crippen molar-refractivity contribution in [1.82, 2.24) is 10.1 Å². The third-order valence-corrected chi connectivity index (χ3v) is 4.76. The van der Waals surface area contributed by atoms with Gasteiger partial charge in [-0.3, -0.25) is 0 Å². The number of ether oxygens (including phenoxy) is 1. The molecule has 1 aromatic carbocycles. The van der Waals surface area contributed by atoms with Crippen molar-refractivity contribution in [2.45, 2.75) is 38.2 Å². The fraction of sp³-hybridized carbons (Fsp3) is 0.300. The molecule has 26 heavy (non-hydrogen) atoms. The molecule has 3 aromatic rings. The van der Waals surface area contributed by atoms with Crippen LogP contribution in [0.2, 0.25) is 0 Å². The van der Waals surface area contributed by atoms with E-state index in [1.807, 2.05) is 12.1 Å². The smallest absolute Gasteiger partial charge is 0.174 e. The topological polar surface area (TPSA) is 100 Å². The summed E-state index contributed by atoms with van der Waals surface area (Å²) in [6.45, 7) is 0. The number of rotatable bonds is 5. The van der Waals surface area contributed by atoms with Crippen molar-refractivity contribution < 1.29 is 9.26 Å². The molecule has 1 aliphatic carbocycles. The van der Waals surface area contributed by atoms with Crippen LogP contribution < -0.4 is 16.2 Å². The van der Waals surface area contributed by atoms with Crippen molar-refractivity contribution >= 4 is 11.6 Å². The Balaban J connectivity index is 1.50. The highest BCUT2D eigenvalue weighted by Gasteiger charge is 2.17. The van der Waals surface area contributed by atoms with Gasteiger partial charge in [-0.25, -0.2) is 4.98 Å². The predicted octanol–water partition coefficient (Wildman–Crippen LogP) is 3.81. The van der Waals surface area contributed by atoms with Crippen LogP contribution in [0, 0.1) is 0 Å². The minimum atomic E-state index is 0.336. The van der Waals surface area contributed by atoms with Gasteiger partial charge in [0.05, 0.1) is 17.9 Å². The minimum Gasteiger partial charge on any atom is -0.490 e. The molecule has 0 radical (unpaired) electrons. The first kappa shape index (κ1) is 16.4. The van der Waals surface area contributed by atoms with Gasteiger partial charge in [0.1, 0.15) is 17.4 Å². The maximum atomic E-state index is 6.02. The van der Waals surface area contributed by atoms with E-state index in [1.165, 1.54) is 12.8 Å². The molecule has 0 unspecified atom stereocenters. The summed E-state index contributed by atoms with van der Waals surface area (Å²) in [7, 11) is 0. The summed E-state index contributed by atoms with van der Waals surface area (Å²) in [5, 5.41) is 3.93. The van der Waals surface area contributed by atoms with Crippen LogP contribution >= 0.6 is 0 Å². The van der Waals surface area contributed by atoms with Gasteiger partial charge in [0.15, 0.2) is 5.76 Å². The second kappa shape index (κ2) is 7.07. The summed E-state index contributed by atoms with van der Waals surface area (Å²) < 4.78 is 11.4. The van der Waals surface area contributed by atoms with Gasteiger partial charge in [-0.2, -0.15) is 0 Å². The third kappa shape index (κ3) is 3.49. The molecule has 1 saturated carbocycles.